The van der Waals surface area contributed by atoms with Gasteiger partial charge in [-0.3, -0.25) is 4.79 Å². The molecule has 0 bridgehead atoms. The summed E-state index contributed by atoms with van der Waals surface area (Å²) in [5, 5.41) is 1.46. The Hall–Kier alpha value is -1.07. The van der Waals surface area contributed by atoms with E-state index in [1.807, 2.05) is 30.3 Å². The number of thioether (sulfide) groups is 1. The first-order valence-corrected chi connectivity index (χ1v) is 6.65. The van der Waals surface area contributed by atoms with Gasteiger partial charge in [0.1, 0.15) is 0 Å². The van der Waals surface area contributed by atoms with Crippen LogP contribution in [0.2, 0.25) is 0 Å². The van der Waals surface area contributed by atoms with Crippen LogP contribution in [0.25, 0.3) is 0 Å². The van der Waals surface area contributed by atoms with Crippen molar-refractivity contribution in [3.63, 3.8) is 0 Å². The summed E-state index contributed by atoms with van der Waals surface area (Å²) in [5.74, 6) is 0. The highest BCUT2D eigenvalue weighted by Gasteiger charge is 2.11. The maximum absolute atomic E-state index is 10.4. The van der Waals surface area contributed by atoms with Gasteiger partial charge < -0.3 is 4.84 Å². The zero-order valence-electron chi connectivity index (χ0n) is 9.67. The van der Waals surface area contributed by atoms with Gasteiger partial charge in [-0.2, -0.15) is 5.06 Å². The first kappa shape index (κ1) is 14.0. The van der Waals surface area contributed by atoms with E-state index in [1.165, 1.54) is 16.8 Å². The Bertz CT molecular complexity index is 357. The molecule has 0 fully saturated rings. The first-order valence-electron chi connectivity index (χ1n) is 5.42. The highest BCUT2D eigenvalue weighted by molar-refractivity contribution is 8.22. The molecule has 17 heavy (non-hydrogen) atoms. The van der Waals surface area contributed by atoms with Crippen LogP contribution in [0, 0.1) is 0 Å². The van der Waals surface area contributed by atoms with Crippen molar-refractivity contribution in [3.8, 4) is 0 Å². The lowest BCUT2D eigenvalue weighted by molar-refractivity contribution is -0.154. The van der Waals surface area contributed by atoms with Gasteiger partial charge in [-0.15, -0.1) is 0 Å². The normalized spacial score (nSPS) is 9.71. The average molecular weight is 269 g/mol. The zero-order valence-corrected chi connectivity index (χ0v) is 11.3. The summed E-state index contributed by atoms with van der Waals surface area (Å²) < 4.78 is 0.553. The highest BCUT2D eigenvalue weighted by atomic mass is 32.2. The van der Waals surface area contributed by atoms with Crippen molar-refractivity contribution in [2.75, 3.05) is 6.54 Å². The van der Waals surface area contributed by atoms with Crippen molar-refractivity contribution in [2.45, 2.75) is 24.7 Å². The van der Waals surface area contributed by atoms with Gasteiger partial charge in [0.05, 0.1) is 6.54 Å². The topological polar surface area (TPSA) is 29.5 Å². The van der Waals surface area contributed by atoms with Crippen LogP contribution in [0.4, 0.5) is 0 Å². The summed E-state index contributed by atoms with van der Waals surface area (Å²) in [6.45, 7) is 3.12. The van der Waals surface area contributed by atoms with E-state index >= 15 is 0 Å². The molecular formula is C12H15NO2S2. The minimum Gasteiger partial charge on any atom is -0.343 e. The third kappa shape index (κ3) is 5.19. The fourth-order valence-corrected chi connectivity index (χ4v) is 2.33. The number of benzene rings is 1. The molecule has 0 radical (unpaired) electrons. The molecule has 0 saturated heterocycles. The Labute approximate surface area is 111 Å². The van der Waals surface area contributed by atoms with Gasteiger partial charge in [0, 0.05) is 4.90 Å². The fourth-order valence-electron chi connectivity index (χ4n) is 1.18. The Balaban J connectivity index is 2.55. The molecule has 0 aliphatic heterocycles. The Morgan fingerprint density at radius 3 is 2.76 bits per heavy atom. The zero-order chi connectivity index (χ0) is 12.5. The van der Waals surface area contributed by atoms with Crippen molar-refractivity contribution >= 4 is 34.8 Å². The first-order chi connectivity index (χ1) is 8.27. The second kappa shape index (κ2) is 8.08. The molecule has 1 aromatic rings. The number of hydrogen-bond acceptors (Lipinski definition) is 4. The van der Waals surface area contributed by atoms with Gasteiger partial charge in [0.2, 0.25) is 0 Å². The van der Waals surface area contributed by atoms with E-state index in [1.54, 1.807) is 0 Å². The van der Waals surface area contributed by atoms with Crippen LogP contribution in [0.3, 0.4) is 0 Å². The molecule has 0 amide bonds. The molecular weight excluding hydrogens is 254 g/mol. The molecule has 0 aliphatic carbocycles. The molecule has 0 N–H and O–H groups in total. The van der Waals surface area contributed by atoms with E-state index in [0.717, 1.165) is 17.7 Å². The monoisotopic (exact) mass is 269 g/mol. The predicted molar refractivity (Wildman–Crippen MR) is 73.7 cm³/mol. The van der Waals surface area contributed by atoms with Crippen LogP contribution in [0.15, 0.2) is 35.2 Å². The SMILES string of the molecule is CCCCN(OC=O)C(=S)Sc1ccccc1. The minimum atomic E-state index is 0.410. The van der Waals surface area contributed by atoms with Crippen molar-refractivity contribution < 1.29 is 9.63 Å². The number of hydrogen-bond donors (Lipinski definition) is 0. The van der Waals surface area contributed by atoms with Gasteiger partial charge in [0.15, 0.2) is 4.32 Å². The van der Waals surface area contributed by atoms with Gasteiger partial charge in [-0.05, 0) is 30.8 Å². The summed E-state index contributed by atoms with van der Waals surface area (Å²) in [6.07, 6.45) is 1.96. The predicted octanol–water partition coefficient (Wildman–Crippen LogP) is 3.25. The number of hydroxylamine groups is 2. The molecule has 0 saturated carbocycles. The van der Waals surface area contributed by atoms with E-state index in [0.29, 0.717) is 17.3 Å². The minimum absolute atomic E-state index is 0.410. The van der Waals surface area contributed by atoms with E-state index in [2.05, 4.69) is 6.92 Å². The molecule has 92 valence electrons. The van der Waals surface area contributed by atoms with Crippen LogP contribution in [-0.2, 0) is 9.63 Å². The van der Waals surface area contributed by atoms with E-state index in [9.17, 15) is 4.79 Å². The smallest absolute Gasteiger partial charge is 0.320 e. The third-order valence-electron chi connectivity index (χ3n) is 2.04. The molecule has 1 aromatic carbocycles. The van der Waals surface area contributed by atoms with E-state index in [-0.39, 0.29) is 0 Å². The van der Waals surface area contributed by atoms with Crippen LogP contribution in [0.5, 0.6) is 0 Å². The second-order valence-corrected chi connectivity index (χ2v) is 5.05. The highest BCUT2D eigenvalue weighted by Crippen LogP contribution is 2.21. The fraction of sp³-hybridized carbons (Fsp3) is 0.333. The summed E-state index contributed by atoms with van der Waals surface area (Å²) in [6, 6.07) is 9.78. The molecule has 0 heterocycles. The molecule has 0 unspecified atom stereocenters. The lowest BCUT2D eigenvalue weighted by atomic mass is 10.3. The van der Waals surface area contributed by atoms with Gasteiger partial charge in [-0.25, -0.2) is 0 Å². The van der Waals surface area contributed by atoms with Crippen molar-refractivity contribution in [2.24, 2.45) is 0 Å². The number of carbonyl (C=O) groups excluding carboxylic acids is 1. The van der Waals surface area contributed by atoms with Crippen molar-refractivity contribution in [1.29, 1.82) is 0 Å². The molecule has 3 nitrogen and oxygen atoms in total. The molecule has 1 rings (SSSR count). The number of carbonyl (C=O) groups is 1. The molecule has 0 atom stereocenters. The van der Waals surface area contributed by atoms with Crippen LogP contribution >= 0.6 is 24.0 Å². The summed E-state index contributed by atoms with van der Waals surface area (Å²) in [4.78, 5) is 16.3. The lowest BCUT2D eigenvalue weighted by Crippen LogP contribution is -2.28. The number of thiocarbonyl (C=S) groups is 1. The van der Waals surface area contributed by atoms with Gasteiger partial charge in [0.25, 0.3) is 0 Å². The number of rotatable bonds is 6. The molecule has 5 heteroatoms. The Morgan fingerprint density at radius 1 is 1.47 bits per heavy atom. The van der Waals surface area contributed by atoms with E-state index in [4.69, 9.17) is 17.1 Å². The standard InChI is InChI=1S/C12H15NO2S2/c1-2-3-9-13(15-10-14)12(16)17-11-7-5-4-6-8-11/h4-8,10H,2-3,9H2,1H3. The van der Waals surface area contributed by atoms with Crippen molar-refractivity contribution in [3.05, 3.63) is 30.3 Å². The summed E-state index contributed by atoms with van der Waals surface area (Å²) in [7, 11) is 0. The third-order valence-corrected chi connectivity index (χ3v) is 3.38. The second-order valence-electron chi connectivity index (χ2n) is 3.34. The summed E-state index contributed by atoms with van der Waals surface area (Å²) in [5.41, 5.74) is 0. The Kier molecular flexibility index (Phi) is 6.65. The maximum atomic E-state index is 10.4. The van der Waals surface area contributed by atoms with Gasteiger partial charge >= 0.3 is 6.47 Å². The van der Waals surface area contributed by atoms with Gasteiger partial charge in [-0.1, -0.05) is 43.3 Å². The number of unbranched alkanes of at least 4 members (excludes halogenated alkanes) is 1. The lowest BCUT2D eigenvalue weighted by Gasteiger charge is -2.20. The number of nitrogens with zero attached hydrogens (tertiary/aromatic N) is 1. The largest absolute Gasteiger partial charge is 0.343 e. The maximum Gasteiger partial charge on any atom is 0.320 e. The average Bonchev–Trinajstić information content (AvgIpc) is 2.35. The quantitative estimate of drug-likeness (QED) is 0.342. The van der Waals surface area contributed by atoms with Crippen LogP contribution in [-0.4, -0.2) is 22.4 Å². The molecule has 0 aromatic heterocycles. The van der Waals surface area contributed by atoms with Crippen LogP contribution in [0.1, 0.15) is 19.8 Å². The molecule has 0 aliphatic rings. The van der Waals surface area contributed by atoms with Crippen LogP contribution < -0.4 is 0 Å². The van der Waals surface area contributed by atoms with Crippen molar-refractivity contribution in [1.82, 2.24) is 5.06 Å². The molecule has 0 spiro atoms. The Morgan fingerprint density at radius 2 is 2.18 bits per heavy atom. The summed E-state index contributed by atoms with van der Waals surface area (Å²) >= 11 is 6.66. The van der Waals surface area contributed by atoms with E-state index < -0.39 is 0 Å².